The first-order chi connectivity index (χ1) is 13.8. The van der Waals surface area contributed by atoms with Gasteiger partial charge in [-0.25, -0.2) is 14.4 Å². The summed E-state index contributed by atoms with van der Waals surface area (Å²) in [4.78, 5) is 20.8. The molecule has 1 amide bonds. The Morgan fingerprint density at radius 3 is 2.70 bits per heavy atom. The van der Waals surface area contributed by atoms with Gasteiger partial charge in [-0.3, -0.25) is 4.79 Å². The zero-order valence-electron chi connectivity index (χ0n) is 16.5. The van der Waals surface area contributed by atoms with Crippen molar-refractivity contribution in [1.82, 2.24) is 14.5 Å². The van der Waals surface area contributed by atoms with Gasteiger partial charge in [-0.05, 0) is 35.2 Å². The maximum absolute atomic E-state index is 13.1. The lowest BCUT2D eigenvalue weighted by Crippen LogP contribution is -2.15. The van der Waals surface area contributed by atoms with Gasteiger partial charge in [0.15, 0.2) is 0 Å². The molecule has 0 aliphatic carbocycles. The maximum atomic E-state index is 13.1. The van der Waals surface area contributed by atoms with Crippen LogP contribution in [0.25, 0.3) is 22.0 Å². The van der Waals surface area contributed by atoms with E-state index in [9.17, 15) is 9.18 Å². The fourth-order valence-electron chi connectivity index (χ4n) is 2.82. The van der Waals surface area contributed by atoms with Crippen LogP contribution >= 0.6 is 0 Å². The maximum Gasteiger partial charge on any atom is 0.229 e. The van der Waals surface area contributed by atoms with Crippen molar-refractivity contribution in [1.29, 1.82) is 0 Å². The fourth-order valence-corrected chi connectivity index (χ4v) is 2.82. The molecule has 0 fully saturated rings. The minimum atomic E-state index is -2.33. The van der Waals surface area contributed by atoms with Crippen molar-refractivity contribution in [3.8, 4) is 11.3 Å². The summed E-state index contributed by atoms with van der Waals surface area (Å²) >= 11 is 0. The van der Waals surface area contributed by atoms with Gasteiger partial charge in [-0.2, -0.15) is 0 Å². The number of fused-ring (bicyclic) bond motifs is 1. The molecule has 0 saturated heterocycles. The first-order valence-corrected chi connectivity index (χ1v) is 8.28. The van der Waals surface area contributed by atoms with Crippen LogP contribution < -0.4 is 5.32 Å². The Morgan fingerprint density at radius 1 is 1.15 bits per heavy atom. The fraction of sp³-hybridized carbons (Fsp3) is 0.0952. The number of rotatable bonds is 4. The van der Waals surface area contributed by atoms with Gasteiger partial charge in [-0.15, -0.1) is 0 Å². The lowest BCUT2D eigenvalue weighted by molar-refractivity contribution is -0.115. The minimum Gasteiger partial charge on any atom is -0.334 e. The van der Waals surface area contributed by atoms with Crippen molar-refractivity contribution in [2.24, 2.45) is 7.05 Å². The van der Waals surface area contributed by atoms with Gasteiger partial charge in [0.05, 0.1) is 24.6 Å². The molecule has 2 heterocycles. The van der Waals surface area contributed by atoms with Crippen molar-refractivity contribution in [3.63, 3.8) is 0 Å². The number of benzene rings is 2. The molecule has 0 bridgehead atoms. The van der Waals surface area contributed by atoms with E-state index in [1.165, 1.54) is 12.1 Å². The molecule has 4 aromatic rings. The number of carbonyl (C=O) groups excluding carboxylic acids is 1. The zero-order chi connectivity index (χ0) is 20.6. The summed E-state index contributed by atoms with van der Waals surface area (Å²) in [7, 11) is 1.91. The van der Waals surface area contributed by atoms with Gasteiger partial charge in [0, 0.05) is 26.9 Å². The number of hydrogen-bond donors (Lipinski definition) is 1. The van der Waals surface area contributed by atoms with E-state index in [1.807, 2.05) is 29.8 Å². The third kappa shape index (κ3) is 3.69. The molecule has 0 saturated carbocycles. The van der Waals surface area contributed by atoms with E-state index in [1.54, 1.807) is 24.8 Å². The predicted octanol–water partition coefficient (Wildman–Crippen LogP) is 3.96. The SMILES string of the molecule is [2H]C([2H])(C(=O)Nc1cc2cc(-c3cncn3C)ccc2cn1)c1ccc(F)cc1. The number of pyridine rings is 1. The van der Waals surface area contributed by atoms with E-state index in [2.05, 4.69) is 15.3 Å². The molecule has 134 valence electrons. The Hall–Kier alpha value is -3.54. The molecule has 2 aromatic heterocycles. The molecular weight excluding hydrogens is 343 g/mol. The topological polar surface area (TPSA) is 59.8 Å². The molecule has 6 heteroatoms. The third-order valence-electron chi connectivity index (χ3n) is 4.18. The van der Waals surface area contributed by atoms with Crippen LogP contribution in [0.3, 0.4) is 0 Å². The van der Waals surface area contributed by atoms with Gasteiger partial charge >= 0.3 is 0 Å². The summed E-state index contributed by atoms with van der Waals surface area (Å²) in [6, 6.07) is 12.3. The van der Waals surface area contributed by atoms with Crippen LogP contribution in [0.5, 0.6) is 0 Å². The van der Waals surface area contributed by atoms with Crippen LogP contribution in [0.15, 0.2) is 67.3 Å². The molecule has 0 radical (unpaired) electrons. The Labute approximate surface area is 158 Å². The molecule has 0 atom stereocenters. The van der Waals surface area contributed by atoms with E-state index in [0.717, 1.165) is 34.2 Å². The summed E-state index contributed by atoms with van der Waals surface area (Å²) in [6.07, 6.45) is 2.77. The van der Waals surface area contributed by atoms with Crippen LogP contribution in [-0.4, -0.2) is 20.4 Å². The summed E-state index contributed by atoms with van der Waals surface area (Å²) in [5, 5.41) is 4.25. The van der Waals surface area contributed by atoms with E-state index in [0.29, 0.717) is 0 Å². The molecule has 5 nitrogen and oxygen atoms in total. The Bertz CT molecular complexity index is 1210. The summed E-state index contributed by atoms with van der Waals surface area (Å²) in [5.74, 6) is -1.14. The number of nitrogens with one attached hydrogen (secondary N) is 1. The van der Waals surface area contributed by atoms with Crippen molar-refractivity contribution in [2.75, 3.05) is 5.32 Å². The molecule has 0 unspecified atom stereocenters. The lowest BCUT2D eigenvalue weighted by Gasteiger charge is -2.08. The molecule has 2 aromatic carbocycles. The number of nitrogens with zero attached hydrogens (tertiary/aromatic N) is 3. The van der Waals surface area contributed by atoms with Crippen LogP contribution in [0.1, 0.15) is 8.30 Å². The summed E-state index contributed by atoms with van der Waals surface area (Å²) in [6.45, 7) is 0. The van der Waals surface area contributed by atoms with Gasteiger partial charge in [0.1, 0.15) is 11.6 Å². The number of hydrogen-bond acceptors (Lipinski definition) is 3. The first-order valence-electron chi connectivity index (χ1n) is 9.28. The summed E-state index contributed by atoms with van der Waals surface area (Å²) in [5.41, 5.74) is 1.97. The Morgan fingerprint density at radius 2 is 1.96 bits per heavy atom. The highest BCUT2D eigenvalue weighted by Gasteiger charge is 2.08. The molecule has 0 aliphatic heterocycles. The van der Waals surface area contributed by atoms with Crippen molar-refractivity contribution < 1.29 is 11.9 Å². The standard InChI is InChI=1S/C21H17FN4O/c1-26-13-23-12-19(26)15-4-5-16-11-24-20(10-17(16)9-15)25-21(27)8-14-2-6-18(22)7-3-14/h2-7,9-13H,8H2,1H3,(H,24,25,27)/i8D2. The molecule has 27 heavy (non-hydrogen) atoms. The smallest absolute Gasteiger partial charge is 0.229 e. The molecule has 1 N–H and O–H groups in total. The molecule has 0 spiro atoms. The normalized spacial score (nSPS) is 12.5. The second-order valence-corrected chi connectivity index (χ2v) is 6.11. The molecule has 4 rings (SSSR count). The van der Waals surface area contributed by atoms with Gasteiger partial charge in [0.2, 0.25) is 5.91 Å². The van der Waals surface area contributed by atoms with Crippen molar-refractivity contribution in [2.45, 2.75) is 6.37 Å². The largest absolute Gasteiger partial charge is 0.334 e. The van der Waals surface area contributed by atoms with Crippen LogP contribution in [-0.2, 0) is 18.2 Å². The van der Waals surface area contributed by atoms with Crippen LogP contribution in [0.4, 0.5) is 10.2 Å². The van der Waals surface area contributed by atoms with Crippen LogP contribution in [0.2, 0.25) is 0 Å². The average molecular weight is 362 g/mol. The number of halogens is 1. The lowest BCUT2D eigenvalue weighted by atomic mass is 10.1. The number of aryl methyl sites for hydroxylation is 1. The quantitative estimate of drug-likeness (QED) is 0.598. The second kappa shape index (κ2) is 6.99. The van der Waals surface area contributed by atoms with Gasteiger partial charge in [-0.1, -0.05) is 24.3 Å². The van der Waals surface area contributed by atoms with E-state index >= 15 is 0 Å². The highest BCUT2D eigenvalue weighted by Crippen LogP contribution is 2.25. The monoisotopic (exact) mass is 362 g/mol. The minimum absolute atomic E-state index is 0.0654. The van der Waals surface area contributed by atoms with E-state index in [-0.39, 0.29) is 11.4 Å². The predicted molar refractivity (Wildman–Crippen MR) is 103 cm³/mol. The van der Waals surface area contributed by atoms with E-state index in [4.69, 9.17) is 2.74 Å². The highest BCUT2D eigenvalue weighted by atomic mass is 19.1. The van der Waals surface area contributed by atoms with E-state index < -0.39 is 18.1 Å². The highest BCUT2D eigenvalue weighted by molar-refractivity contribution is 5.94. The number of anilines is 1. The van der Waals surface area contributed by atoms with Gasteiger partial charge < -0.3 is 9.88 Å². The Balaban J connectivity index is 1.63. The van der Waals surface area contributed by atoms with Gasteiger partial charge in [0.25, 0.3) is 0 Å². The number of carbonyl (C=O) groups is 1. The number of aromatic nitrogens is 3. The first kappa shape index (κ1) is 14.6. The van der Waals surface area contributed by atoms with Crippen LogP contribution in [0, 0.1) is 5.82 Å². The zero-order valence-corrected chi connectivity index (χ0v) is 14.5. The average Bonchev–Trinajstić information content (AvgIpc) is 3.13. The Kier molecular flexibility index (Phi) is 3.78. The molecule has 0 aliphatic rings. The number of imidazole rings is 1. The van der Waals surface area contributed by atoms with Crippen molar-refractivity contribution in [3.05, 3.63) is 78.6 Å². The summed E-state index contributed by atoms with van der Waals surface area (Å²) < 4.78 is 31.2. The van der Waals surface area contributed by atoms with Crippen molar-refractivity contribution >= 4 is 22.5 Å². The number of amides is 1. The second-order valence-electron chi connectivity index (χ2n) is 6.11. The third-order valence-corrected chi connectivity index (χ3v) is 4.18. The molecular formula is C21H17FN4O.